The van der Waals surface area contributed by atoms with Gasteiger partial charge in [-0.1, -0.05) is 6.92 Å². The van der Waals surface area contributed by atoms with Crippen LogP contribution in [0.15, 0.2) is 12.1 Å². The molecule has 0 aliphatic carbocycles. The SMILES string of the molecule is CCc1ccc(C(=O)CN2CC(=O)NC(=O)C2)s1. The van der Waals surface area contributed by atoms with Crippen LogP contribution in [0.3, 0.4) is 0 Å². The zero-order chi connectivity index (χ0) is 13.1. The van der Waals surface area contributed by atoms with Crippen LogP contribution in [0.2, 0.25) is 0 Å². The van der Waals surface area contributed by atoms with E-state index < -0.39 is 0 Å². The van der Waals surface area contributed by atoms with Gasteiger partial charge < -0.3 is 0 Å². The van der Waals surface area contributed by atoms with Crippen LogP contribution in [0, 0.1) is 0 Å². The quantitative estimate of drug-likeness (QED) is 0.635. The van der Waals surface area contributed by atoms with E-state index in [2.05, 4.69) is 5.32 Å². The van der Waals surface area contributed by atoms with Crippen LogP contribution in [-0.2, 0) is 16.0 Å². The lowest BCUT2D eigenvalue weighted by Crippen LogP contribution is -2.52. The molecular weight excluding hydrogens is 252 g/mol. The third-order valence-corrected chi connectivity index (χ3v) is 3.94. The fraction of sp³-hybridized carbons (Fsp3) is 0.417. The summed E-state index contributed by atoms with van der Waals surface area (Å²) in [4.78, 5) is 37.7. The van der Waals surface area contributed by atoms with Gasteiger partial charge in [0.05, 0.1) is 24.5 Å². The molecule has 0 unspecified atom stereocenters. The summed E-state index contributed by atoms with van der Waals surface area (Å²) in [5, 5.41) is 2.21. The van der Waals surface area contributed by atoms with E-state index in [-0.39, 0.29) is 37.2 Å². The highest BCUT2D eigenvalue weighted by Crippen LogP contribution is 2.17. The first-order valence-electron chi connectivity index (χ1n) is 5.75. The molecule has 1 aliphatic rings. The van der Waals surface area contributed by atoms with Crippen molar-refractivity contribution in [2.45, 2.75) is 13.3 Å². The molecule has 96 valence electrons. The van der Waals surface area contributed by atoms with Crippen LogP contribution in [0.4, 0.5) is 0 Å². The fourth-order valence-corrected chi connectivity index (χ4v) is 2.68. The predicted octanol–water partition coefficient (Wildman–Crippen LogP) is 0.452. The number of rotatable bonds is 4. The van der Waals surface area contributed by atoms with Crippen molar-refractivity contribution in [1.82, 2.24) is 10.2 Å². The van der Waals surface area contributed by atoms with Crippen LogP contribution >= 0.6 is 11.3 Å². The number of carbonyl (C=O) groups excluding carboxylic acids is 3. The Morgan fingerprint density at radius 2 is 2.00 bits per heavy atom. The molecule has 2 amide bonds. The second-order valence-electron chi connectivity index (χ2n) is 4.16. The standard InChI is InChI=1S/C12H14N2O3S/c1-2-8-3-4-10(18-8)9(15)5-14-6-11(16)13-12(17)7-14/h3-4H,2,5-7H2,1H3,(H,13,16,17). The molecule has 1 saturated heterocycles. The first-order chi connectivity index (χ1) is 8.58. The molecule has 6 heteroatoms. The van der Waals surface area contributed by atoms with Gasteiger partial charge in [0.15, 0.2) is 5.78 Å². The number of nitrogens with one attached hydrogen (secondary N) is 1. The number of carbonyl (C=O) groups is 3. The highest BCUT2D eigenvalue weighted by molar-refractivity contribution is 7.14. The van der Waals surface area contributed by atoms with E-state index in [0.29, 0.717) is 4.88 Å². The van der Waals surface area contributed by atoms with E-state index in [0.717, 1.165) is 11.3 Å². The van der Waals surface area contributed by atoms with Gasteiger partial charge in [-0.25, -0.2) is 0 Å². The third-order valence-electron chi connectivity index (χ3n) is 2.67. The Morgan fingerprint density at radius 1 is 1.33 bits per heavy atom. The Kier molecular flexibility index (Phi) is 3.88. The second-order valence-corrected chi connectivity index (χ2v) is 5.33. The third kappa shape index (κ3) is 3.02. The van der Waals surface area contributed by atoms with E-state index in [1.165, 1.54) is 11.3 Å². The van der Waals surface area contributed by atoms with Gasteiger partial charge in [0.25, 0.3) is 0 Å². The number of thiophene rings is 1. The van der Waals surface area contributed by atoms with Crippen LogP contribution in [0.1, 0.15) is 21.5 Å². The molecule has 0 radical (unpaired) electrons. The van der Waals surface area contributed by atoms with Crippen molar-refractivity contribution in [3.63, 3.8) is 0 Å². The smallest absolute Gasteiger partial charge is 0.240 e. The summed E-state index contributed by atoms with van der Waals surface area (Å²) in [7, 11) is 0. The Balaban J connectivity index is 1.98. The zero-order valence-corrected chi connectivity index (χ0v) is 10.9. The molecule has 2 rings (SSSR count). The average Bonchev–Trinajstić information content (AvgIpc) is 2.75. The molecule has 0 saturated carbocycles. The maximum absolute atomic E-state index is 12.0. The summed E-state index contributed by atoms with van der Waals surface area (Å²) < 4.78 is 0. The molecule has 1 aromatic rings. The number of imide groups is 1. The number of nitrogens with zero attached hydrogens (tertiary/aromatic N) is 1. The Labute approximate surface area is 109 Å². The minimum Gasteiger partial charge on any atom is -0.294 e. The molecule has 1 aromatic heterocycles. The number of ketones is 1. The van der Waals surface area contributed by atoms with Gasteiger partial charge in [-0.15, -0.1) is 11.3 Å². The minimum atomic E-state index is -0.348. The normalized spacial score (nSPS) is 16.7. The molecule has 0 aromatic carbocycles. The molecule has 0 atom stereocenters. The van der Waals surface area contributed by atoms with E-state index in [1.807, 2.05) is 13.0 Å². The van der Waals surface area contributed by atoms with Gasteiger partial charge in [0.2, 0.25) is 11.8 Å². The van der Waals surface area contributed by atoms with E-state index >= 15 is 0 Å². The summed E-state index contributed by atoms with van der Waals surface area (Å²) in [5.74, 6) is -0.735. The average molecular weight is 266 g/mol. The van der Waals surface area contributed by atoms with Crippen molar-refractivity contribution in [3.05, 3.63) is 21.9 Å². The van der Waals surface area contributed by atoms with Crippen LogP contribution in [0.25, 0.3) is 0 Å². The number of piperazine rings is 1. The number of hydrogen-bond donors (Lipinski definition) is 1. The summed E-state index contributed by atoms with van der Waals surface area (Å²) in [6.45, 7) is 2.35. The molecule has 18 heavy (non-hydrogen) atoms. The Morgan fingerprint density at radius 3 is 2.56 bits per heavy atom. The molecule has 0 bridgehead atoms. The predicted molar refractivity (Wildman–Crippen MR) is 67.6 cm³/mol. The van der Waals surface area contributed by atoms with Gasteiger partial charge in [-0.2, -0.15) is 0 Å². The second kappa shape index (κ2) is 5.41. The highest BCUT2D eigenvalue weighted by Gasteiger charge is 2.24. The number of aryl methyl sites for hydroxylation is 1. The van der Waals surface area contributed by atoms with Crippen molar-refractivity contribution in [3.8, 4) is 0 Å². The number of Topliss-reactive ketones (excluding diaryl/α,β-unsaturated/α-hetero) is 1. The summed E-state index contributed by atoms with van der Waals surface area (Å²) in [6, 6.07) is 3.74. The lowest BCUT2D eigenvalue weighted by atomic mass is 10.2. The van der Waals surface area contributed by atoms with Crippen molar-refractivity contribution in [2.75, 3.05) is 19.6 Å². The van der Waals surface area contributed by atoms with E-state index in [1.54, 1.807) is 11.0 Å². The van der Waals surface area contributed by atoms with Crippen molar-refractivity contribution in [2.24, 2.45) is 0 Å². The first kappa shape index (κ1) is 12.9. The molecule has 1 fully saturated rings. The van der Waals surface area contributed by atoms with Crippen molar-refractivity contribution >= 4 is 28.9 Å². The van der Waals surface area contributed by atoms with Crippen LogP contribution in [-0.4, -0.2) is 42.1 Å². The molecular formula is C12H14N2O3S. The van der Waals surface area contributed by atoms with Crippen LogP contribution < -0.4 is 5.32 Å². The lowest BCUT2D eigenvalue weighted by molar-refractivity contribution is -0.135. The molecule has 1 N–H and O–H groups in total. The highest BCUT2D eigenvalue weighted by atomic mass is 32.1. The monoisotopic (exact) mass is 266 g/mol. The maximum Gasteiger partial charge on any atom is 0.240 e. The fourth-order valence-electron chi connectivity index (χ4n) is 1.81. The van der Waals surface area contributed by atoms with Crippen molar-refractivity contribution < 1.29 is 14.4 Å². The van der Waals surface area contributed by atoms with Crippen LogP contribution in [0.5, 0.6) is 0 Å². The summed E-state index contributed by atoms with van der Waals surface area (Å²) >= 11 is 1.47. The van der Waals surface area contributed by atoms with Gasteiger partial charge in [-0.3, -0.25) is 24.6 Å². The summed E-state index contributed by atoms with van der Waals surface area (Å²) in [6.07, 6.45) is 0.905. The van der Waals surface area contributed by atoms with Gasteiger partial charge >= 0.3 is 0 Å². The molecule has 2 heterocycles. The molecule has 5 nitrogen and oxygen atoms in total. The van der Waals surface area contributed by atoms with Gasteiger partial charge in [0, 0.05) is 4.88 Å². The Hall–Kier alpha value is -1.53. The van der Waals surface area contributed by atoms with Crippen molar-refractivity contribution in [1.29, 1.82) is 0 Å². The number of amides is 2. The summed E-state index contributed by atoms with van der Waals surface area (Å²) in [5.41, 5.74) is 0. The largest absolute Gasteiger partial charge is 0.294 e. The first-order valence-corrected chi connectivity index (χ1v) is 6.57. The topological polar surface area (TPSA) is 66.5 Å². The van der Waals surface area contributed by atoms with E-state index in [9.17, 15) is 14.4 Å². The maximum atomic E-state index is 12.0. The number of hydrogen-bond acceptors (Lipinski definition) is 5. The van der Waals surface area contributed by atoms with Gasteiger partial charge in [-0.05, 0) is 18.6 Å². The molecule has 0 spiro atoms. The molecule has 1 aliphatic heterocycles. The Bertz CT molecular complexity index is 479. The zero-order valence-electron chi connectivity index (χ0n) is 10.1. The van der Waals surface area contributed by atoms with E-state index in [4.69, 9.17) is 0 Å². The lowest BCUT2D eigenvalue weighted by Gasteiger charge is -2.24. The van der Waals surface area contributed by atoms with Gasteiger partial charge in [0.1, 0.15) is 0 Å². The minimum absolute atomic E-state index is 0.0396.